The van der Waals surface area contributed by atoms with E-state index in [1.54, 1.807) is 0 Å². The van der Waals surface area contributed by atoms with Crippen LogP contribution in [0.3, 0.4) is 0 Å². The maximum absolute atomic E-state index is 10.3. The Morgan fingerprint density at radius 3 is 2.36 bits per heavy atom. The lowest BCUT2D eigenvalue weighted by Crippen LogP contribution is -2.23. The van der Waals surface area contributed by atoms with E-state index < -0.39 is 6.10 Å². The van der Waals surface area contributed by atoms with E-state index in [1.807, 2.05) is 24.3 Å². The van der Waals surface area contributed by atoms with E-state index >= 15 is 0 Å². The molecule has 0 aliphatic rings. The predicted octanol–water partition coefficient (Wildman–Crippen LogP) is 3.71. The van der Waals surface area contributed by atoms with Gasteiger partial charge in [0.25, 0.3) is 0 Å². The Labute approximate surface area is 131 Å². The monoisotopic (exact) mass is 291 g/mol. The summed E-state index contributed by atoms with van der Waals surface area (Å²) < 4.78 is 0. The lowest BCUT2D eigenvalue weighted by atomic mass is 10.0. The Kier molecular flexibility index (Phi) is 4.84. The lowest BCUT2D eigenvalue weighted by Gasteiger charge is -2.13. The maximum Gasteiger partial charge on any atom is 0.0914 e. The van der Waals surface area contributed by atoms with E-state index in [9.17, 15) is 5.11 Å². The zero-order chi connectivity index (χ0) is 15.2. The minimum atomic E-state index is -0.472. The number of rotatable bonds is 6. The van der Waals surface area contributed by atoms with E-state index in [0.29, 0.717) is 6.54 Å². The van der Waals surface area contributed by atoms with Crippen molar-refractivity contribution in [3.05, 3.63) is 83.9 Å². The first-order valence-corrected chi connectivity index (χ1v) is 7.74. The molecular weight excluding hydrogens is 270 g/mol. The number of fused-ring (bicyclic) bond motifs is 1. The Morgan fingerprint density at radius 2 is 1.55 bits per heavy atom. The van der Waals surface area contributed by atoms with E-state index in [-0.39, 0.29) is 0 Å². The van der Waals surface area contributed by atoms with Crippen LogP contribution in [0.2, 0.25) is 0 Å². The average molecular weight is 291 g/mol. The summed E-state index contributed by atoms with van der Waals surface area (Å²) in [5, 5.41) is 16.0. The summed E-state index contributed by atoms with van der Waals surface area (Å²) in [5.41, 5.74) is 2.28. The molecule has 3 aromatic rings. The maximum atomic E-state index is 10.3. The highest BCUT2D eigenvalue weighted by Crippen LogP contribution is 2.20. The van der Waals surface area contributed by atoms with Crippen LogP contribution in [0.4, 0.5) is 0 Å². The molecule has 0 aliphatic carbocycles. The van der Waals surface area contributed by atoms with Crippen molar-refractivity contribution < 1.29 is 5.11 Å². The molecule has 0 aliphatic heterocycles. The van der Waals surface area contributed by atoms with Crippen LogP contribution in [0.15, 0.2) is 72.8 Å². The standard InChI is InChI=1S/C20H21NO/c22-20(15-21-13-12-16-6-2-1-3-7-16)19-11-10-17-8-4-5-9-18(17)14-19/h1-11,14,20-22H,12-13,15H2. The molecule has 0 radical (unpaired) electrons. The van der Waals surface area contributed by atoms with Crippen molar-refractivity contribution in [3.8, 4) is 0 Å². The van der Waals surface area contributed by atoms with Gasteiger partial charge in [0.05, 0.1) is 6.10 Å². The fourth-order valence-corrected chi connectivity index (χ4v) is 2.65. The molecule has 112 valence electrons. The van der Waals surface area contributed by atoms with Gasteiger partial charge in [-0.1, -0.05) is 66.7 Å². The molecule has 0 heterocycles. The van der Waals surface area contributed by atoms with Crippen molar-refractivity contribution >= 4 is 10.8 Å². The first kappa shape index (κ1) is 14.8. The number of aliphatic hydroxyl groups is 1. The molecular formula is C20H21NO. The molecule has 22 heavy (non-hydrogen) atoms. The fraction of sp³-hybridized carbons (Fsp3) is 0.200. The van der Waals surface area contributed by atoms with Crippen molar-refractivity contribution in [1.29, 1.82) is 0 Å². The predicted molar refractivity (Wildman–Crippen MR) is 91.9 cm³/mol. The Balaban J connectivity index is 1.53. The normalized spacial score (nSPS) is 12.4. The molecule has 0 saturated carbocycles. The van der Waals surface area contributed by atoms with Crippen molar-refractivity contribution in [1.82, 2.24) is 5.32 Å². The molecule has 2 nitrogen and oxygen atoms in total. The molecule has 0 saturated heterocycles. The largest absolute Gasteiger partial charge is 0.387 e. The minimum Gasteiger partial charge on any atom is -0.387 e. The number of hydrogen-bond donors (Lipinski definition) is 2. The summed E-state index contributed by atoms with van der Waals surface area (Å²) >= 11 is 0. The second-order valence-electron chi connectivity index (χ2n) is 5.56. The van der Waals surface area contributed by atoms with Gasteiger partial charge in [-0.3, -0.25) is 0 Å². The number of benzene rings is 3. The third-order valence-corrected chi connectivity index (χ3v) is 3.93. The number of aliphatic hydroxyl groups excluding tert-OH is 1. The van der Waals surface area contributed by atoms with Crippen LogP contribution in [-0.4, -0.2) is 18.2 Å². The van der Waals surface area contributed by atoms with Crippen molar-refractivity contribution in [2.45, 2.75) is 12.5 Å². The van der Waals surface area contributed by atoms with Gasteiger partial charge in [0.1, 0.15) is 0 Å². The van der Waals surface area contributed by atoms with Gasteiger partial charge in [0.15, 0.2) is 0 Å². The van der Waals surface area contributed by atoms with Gasteiger partial charge < -0.3 is 10.4 Å². The summed E-state index contributed by atoms with van der Waals surface area (Å²) in [6, 6.07) is 24.8. The van der Waals surface area contributed by atoms with Crippen LogP contribution in [0, 0.1) is 0 Å². The molecule has 3 rings (SSSR count). The van der Waals surface area contributed by atoms with Gasteiger partial charge in [-0.05, 0) is 40.9 Å². The molecule has 2 N–H and O–H groups in total. The van der Waals surface area contributed by atoms with Crippen LogP contribution >= 0.6 is 0 Å². The summed E-state index contributed by atoms with van der Waals surface area (Å²) in [4.78, 5) is 0. The summed E-state index contributed by atoms with van der Waals surface area (Å²) in [6.07, 6.45) is 0.506. The molecule has 1 unspecified atom stereocenters. The zero-order valence-electron chi connectivity index (χ0n) is 12.6. The Hall–Kier alpha value is -2.16. The van der Waals surface area contributed by atoms with Gasteiger partial charge >= 0.3 is 0 Å². The van der Waals surface area contributed by atoms with Crippen LogP contribution in [0.25, 0.3) is 10.8 Å². The smallest absolute Gasteiger partial charge is 0.0914 e. The minimum absolute atomic E-state index is 0.472. The van der Waals surface area contributed by atoms with Crippen LogP contribution in [0.1, 0.15) is 17.2 Å². The van der Waals surface area contributed by atoms with E-state index in [0.717, 1.165) is 18.5 Å². The first-order chi connectivity index (χ1) is 10.8. The highest BCUT2D eigenvalue weighted by molar-refractivity contribution is 5.83. The van der Waals surface area contributed by atoms with Gasteiger partial charge in [-0.2, -0.15) is 0 Å². The van der Waals surface area contributed by atoms with Crippen molar-refractivity contribution in [2.75, 3.05) is 13.1 Å². The number of nitrogens with one attached hydrogen (secondary N) is 1. The summed E-state index contributed by atoms with van der Waals surface area (Å²) in [5.74, 6) is 0. The topological polar surface area (TPSA) is 32.3 Å². The van der Waals surface area contributed by atoms with Crippen LogP contribution in [0.5, 0.6) is 0 Å². The summed E-state index contributed by atoms with van der Waals surface area (Å²) in [6.45, 7) is 1.44. The molecule has 0 fully saturated rings. The molecule has 0 spiro atoms. The average Bonchev–Trinajstić information content (AvgIpc) is 2.59. The second kappa shape index (κ2) is 7.21. The van der Waals surface area contributed by atoms with E-state index in [2.05, 4.69) is 53.8 Å². The van der Waals surface area contributed by atoms with Crippen LogP contribution < -0.4 is 5.32 Å². The fourth-order valence-electron chi connectivity index (χ4n) is 2.65. The molecule has 0 bridgehead atoms. The molecule has 2 heteroatoms. The molecule has 0 aromatic heterocycles. The van der Waals surface area contributed by atoms with Crippen molar-refractivity contribution in [3.63, 3.8) is 0 Å². The Morgan fingerprint density at radius 1 is 0.818 bits per heavy atom. The Bertz CT molecular complexity index is 724. The first-order valence-electron chi connectivity index (χ1n) is 7.74. The second-order valence-corrected chi connectivity index (χ2v) is 5.56. The zero-order valence-corrected chi connectivity index (χ0v) is 12.6. The summed E-state index contributed by atoms with van der Waals surface area (Å²) in [7, 11) is 0. The SMILES string of the molecule is OC(CNCCc1ccccc1)c1ccc2ccccc2c1. The van der Waals surface area contributed by atoms with Crippen LogP contribution in [-0.2, 0) is 6.42 Å². The third kappa shape index (κ3) is 3.73. The third-order valence-electron chi connectivity index (χ3n) is 3.93. The van der Waals surface area contributed by atoms with Gasteiger partial charge in [-0.15, -0.1) is 0 Å². The van der Waals surface area contributed by atoms with Gasteiger partial charge in [0, 0.05) is 6.54 Å². The van der Waals surface area contributed by atoms with E-state index in [4.69, 9.17) is 0 Å². The highest BCUT2D eigenvalue weighted by atomic mass is 16.3. The van der Waals surface area contributed by atoms with Gasteiger partial charge in [0.2, 0.25) is 0 Å². The lowest BCUT2D eigenvalue weighted by molar-refractivity contribution is 0.175. The number of hydrogen-bond acceptors (Lipinski definition) is 2. The molecule has 1 atom stereocenters. The van der Waals surface area contributed by atoms with Gasteiger partial charge in [-0.25, -0.2) is 0 Å². The highest BCUT2D eigenvalue weighted by Gasteiger charge is 2.07. The van der Waals surface area contributed by atoms with Crippen molar-refractivity contribution in [2.24, 2.45) is 0 Å². The molecule has 3 aromatic carbocycles. The van der Waals surface area contributed by atoms with E-state index in [1.165, 1.54) is 16.3 Å². The molecule has 0 amide bonds. The quantitative estimate of drug-likeness (QED) is 0.679.